The van der Waals surface area contributed by atoms with Gasteiger partial charge < -0.3 is 4.74 Å². The Bertz CT molecular complexity index is 315. The third kappa shape index (κ3) is 2.36. The Hall–Kier alpha value is -0.350. The zero-order valence-corrected chi connectivity index (χ0v) is 10.9. The molecule has 0 heterocycles. The van der Waals surface area contributed by atoms with Gasteiger partial charge in [-0.3, -0.25) is 0 Å². The first-order chi connectivity index (χ1) is 6.74. The van der Waals surface area contributed by atoms with Gasteiger partial charge in [0, 0.05) is 10.7 Å². The normalized spacial score (nSPS) is 9.93. The minimum absolute atomic E-state index is 0.283. The molecule has 0 fully saturated rings. The fraction of sp³-hybridized carbons (Fsp3) is 0.300. The van der Waals surface area contributed by atoms with Gasteiger partial charge in [-0.25, -0.2) is 4.79 Å². The van der Waals surface area contributed by atoms with Crippen molar-refractivity contribution in [2.75, 3.05) is 7.11 Å². The Morgan fingerprint density at radius 1 is 1.29 bits per heavy atom. The van der Waals surface area contributed by atoms with Gasteiger partial charge in [0.05, 0.1) is 12.7 Å². The van der Waals surface area contributed by atoms with Gasteiger partial charge in [-0.2, -0.15) is 0 Å². The van der Waals surface area contributed by atoms with Crippen molar-refractivity contribution in [1.82, 2.24) is 0 Å². The highest BCUT2D eigenvalue weighted by Gasteiger charge is 2.14. The smallest absolute Gasteiger partial charge is 0.338 e. The molecule has 0 atom stereocenters. The molecule has 0 amide bonds. The summed E-state index contributed by atoms with van der Waals surface area (Å²) >= 11 is 6.69. The summed E-state index contributed by atoms with van der Waals surface area (Å²) in [6.07, 6.45) is 0. The molecule has 0 aliphatic carbocycles. The predicted molar refractivity (Wildman–Crippen MR) is 63.0 cm³/mol. The van der Waals surface area contributed by atoms with Crippen LogP contribution in [-0.2, 0) is 15.4 Å². The molecule has 0 saturated carbocycles. The highest BCUT2D eigenvalue weighted by atomic mass is 79.9. The third-order valence-electron chi connectivity index (χ3n) is 1.91. The SMILES string of the molecule is COC(=O)c1c(CBr)cccc1CBr. The van der Waals surface area contributed by atoms with Gasteiger partial charge >= 0.3 is 5.97 Å². The first kappa shape index (κ1) is 11.7. The Labute approximate surface area is 99.9 Å². The topological polar surface area (TPSA) is 26.3 Å². The molecule has 76 valence electrons. The summed E-state index contributed by atoms with van der Waals surface area (Å²) in [5.41, 5.74) is 2.56. The third-order valence-corrected chi connectivity index (χ3v) is 3.12. The second-order valence-electron chi connectivity index (χ2n) is 2.71. The van der Waals surface area contributed by atoms with Crippen LogP contribution in [0.2, 0.25) is 0 Å². The van der Waals surface area contributed by atoms with E-state index in [2.05, 4.69) is 31.9 Å². The van der Waals surface area contributed by atoms with Crippen molar-refractivity contribution < 1.29 is 9.53 Å². The maximum Gasteiger partial charge on any atom is 0.338 e. The number of halogens is 2. The summed E-state index contributed by atoms with van der Waals surface area (Å²) in [6.45, 7) is 0. The average Bonchev–Trinajstić information content (AvgIpc) is 2.26. The Morgan fingerprint density at radius 2 is 1.79 bits per heavy atom. The molecule has 1 rings (SSSR count). The summed E-state index contributed by atoms with van der Waals surface area (Å²) in [5, 5.41) is 1.30. The van der Waals surface area contributed by atoms with E-state index in [4.69, 9.17) is 4.74 Å². The van der Waals surface area contributed by atoms with E-state index < -0.39 is 0 Å². The number of carbonyl (C=O) groups is 1. The molecule has 1 aromatic rings. The summed E-state index contributed by atoms with van der Waals surface area (Å²) in [7, 11) is 1.39. The van der Waals surface area contributed by atoms with Crippen LogP contribution in [0.4, 0.5) is 0 Å². The molecule has 0 aliphatic rings. The van der Waals surface area contributed by atoms with Crippen molar-refractivity contribution in [3.8, 4) is 0 Å². The molecule has 2 nitrogen and oxygen atoms in total. The van der Waals surface area contributed by atoms with Crippen molar-refractivity contribution in [3.63, 3.8) is 0 Å². The van der Waals surface area contributed by atoms with E-state index in [9.17, 15) is 4.79 Å². The maximum absolute atomic E-state index is 11.5. The number of alkyl halides is 2. The molecule has 0 bridgehead atoms. The van der Waals surface area contributed by atoms with E-state index in [1.807, 2.05) is 18.2 Å². The minimum Gasteiger partial charge on any atom is -0.465 e. The highest BCUT2D eigenvalue weighted by Crippen LogP contribution is 2.20. The molecular weight excluding hydrogens is 312 g/mol. The van der Waals surface area contributed by atoms with Crippen molar-refractivity contribution in [3.05, 3.63) is 34.9 Å². The molecule has 0 spiro atoms. The Morgan fingerprint density at radius 3 is 2.14 bits per heavy atom. The molecule has 14 heavy (non-hydrogen) atoms. The van der Waals surface area contributed by atoms with Crippen LogP contribution < -0.4 is 0 Å². The summed E-state index contributed by atoms with van der Waals surface area (Å²) < 4.78 is 4.74. The maximum atomic E-state index is 11.5. The van der Waals surface area contributed by atoms with Crippen LogP contribution in [0, 0.1) is 0 Å². The molecule has 0 unspecified atom stereocenters. The first-order valence-electron chi connectivity index (χ1n) is 4.05. The monoisotopic (exact) mass is 320 g/mol. The second kappa shape index (κ2) is 5.51. The van der Waals surface area contributed by atoms with Gasteiger partial charge in [-0.05, 0) is 11.1 Å². The lowest BCUT2D eigenvalue weighted by Gasteiger charge is -2.09. The molecule has 0 aromatic heterocycles. The quantitative estimate of drug-likeness (QED) is 0.631. The number of methoxy groups -OCH3 is 1. The highest BCUT2D eigenvalue weighted by molar-refractivity contribution is 9.08. The summed E-state index contributed by atoms with van der Waals surface area (Å²) in [5.74, 6) is -0.283. The van der Waals surface area contributed by atoms with Crippen LogP contribution in [0.25, 0.3) is 0 Å². The predicted octanol–water partition coefficient (Wildman–Crippen LogP) is 3.26. The molecule has 0 saturated heterocycles. The van der Waals surface area contributed by atoms with Crippen LogP contribution in [0.15, 0.2) is 18.2 Å². The number of hydrogen-bond donors (Lipinski definition) is 0. The zero-order chi connectivity index (χ0) is 10.6. The van der Waals surface area contributed by atoms with Crippen molar-refractivity contribution in [2.24, 2.45) is 0 Å². The molecule has 0 radical (unpaired) electrons. The minimum atomic E-state index is -0.283. The molecule has 0 N–H and O–H groups in total. The van der Waals surface area contributed by atoms with Crippen molar-refractivity contribution in [1.29, 1.82) is 0 Å². The Kier molecular flexibility index (Phi) is 4.62. The van der Waals surface area contributed by atoms with Crippen LogP contribution in [0.5, 0.6) is 0 Å². The van der Waals surface area contributed by atoms with Gasteiger partial charge in [0.25, 0.3) is 0 Å². The fourth-order valence-corrected chi connectivity index (χ4v) is 2.17. The van der Waals surface area contributed by atoms with E-state index >= 15 is 0 Å². The largest absolute Gasteiger partial charge is 0.465 e. The van der Waals surface area contributed by atoms with Gasteiger partial charge in [-0.15, -0.1) is 0 Å². The zero-order valence-electron chi connectivity index (χ0n) is 7.72. The van der Waals surface area contributed by atoms with Gasteiger partial charge in [0.2, 0.25) is 0 Å². The standard InChI is InChI=1S/C10H10Br2O2/c1-14-10(13)9-7(5-11)3-2-4-8(9)6-12/h2-4H,5-6H2,1H3. The van der Waals surface area contributed by atoms with E-state index in [-0.39, 0.29) is 5.97 Å². The number of ether oxygens (including phenoxy) is 1. The summed E-state index contributed by atoms with van der Waals surface area (Å²) in [6, 6.07) is 5.75. The lowest BCUT2D eigenvalue weighted by atomic mass is 10.0. The first-order valence-corrected chi connectivity index (χ1v) is 6.30. The number of carbonyl (C=O) groups excluding carboxylic acids is 1. The molecule has 0 aliphatic heterocycles. The lowest BCUT2D eigenvalue weighted by molar-refractivity contribution is 0.0599. The van der Waals surface area contributed by atoms with E-state index in [1.165, 1.54) is 7.11 Å². The van der Waals surface area contributed by atoms with Gasteiger partial charge in [0.15, 0.2) is 0 Å². The molecule has 1 aromatic carbocycles. The van der Waals surface area contributed by atoms with Crippen LogP contribution in [-0.4, -0.2) is 13.1 Å². The van der Waals surface area contributed by atoms with E-state index in [0.717, 1.165) is 11.1 Å². The van der Waals surface area contributed by atoms with E-state index in [0.29, 0.717) is 16.2 Å². The van der Waals surface area contributed by atoms with Crippen LogP contribution >= 0.6 is 31.9 Å². The fourth-order valence-electron chi connectivity index (χ4n) is 1.24. The van der Waals surface area contributed by atoms with E-state index in [1.54, 1.807) is 0 Å². The summed E-state index contributed by atoms with van der Waals surface area (Å²) in [4.78, 5) is 11.5. The number of benzene rings is 1. The van der Waals surface area contributed by atoms with Crippen molar-refractivity contribution >= 4 is 37.8 Å². The second-order valence-corrected chi connectivity index (χ2v) is 3.83. The van der Waals surface area contributed by atoms with Crippen LogP contribution in [0.3, 0.4) is 0 Å². The number of rotatable bonds is 3. The number of esters is 1. The Balaban J connectivity index is 3.25. The van der Waals surface area contributed by atoms with Gasteiger partial charge in [0.1, 0.15) is 0 Å². The molecular formula is C10H10Br2O2. The lowest BCUT2D eigenvalue weighted by Crippen LogP contribution is -2.08. The van der Waals surface area contributed by atoms with Crippen LogP contribution in [0.1, 0.15) is 21.5 Å². The molecule has 4 heteroatoms. The average molecular weight is 322 g/mol. The van der Waals surface area contributed by atoms with Crippen molar-refractivity contribution in [2.45, 2.75) is 10.7 Å². The number of hydrogen-bond acceptors (Lipinski definition) is 2. The van der Waals surface area contributed by atoms with Gasteiger partial charge in [-0.1, -0.05) is 50.1 Å².